The monoisotopic (exact) mass is 315 g/mol. The number of likely N-dealkylation sites (N-methyl/N-ethyl adjacent to an activating group) is 1. The van der Waals surface area contributed by atoms with Crippen LogP contribution in [0.2, 0.25) is 0 Å². The molecule has 0 fully saturated rings. The zero-order valence-electron chi connectivity index (χ0n) is 13.5. The van der Waals surface area contributed by atoms with Gasteiger partial charge in [0, 0.05) is 5.69 Å². The molecule has 0 aliphatic heterocycles. The quantitative estimate of drug-likeness (QED) is 0.743. The Bertz CT molecular complexity index is 676. The number of carbonyl (C=O) groups excluding carboxylic acids is 1. The van der Waals surface area contributed by atoms with Crippen LogP contribution in [-0.4, -0.2) is 39.4 Å². The van der Waals surface area contributed by atoms with E-state index in [1.807, 2.05) is 32.0 Å². The van der Waals surface area contributed by atoms with Crippen molar-refractivity contribution in [1.82, 2.24) is 19.9 Å². The highest BCUT2D eigenvalue weighted by atomic mass is 16.2. The van der Waals surface area contributed by atoms with Crippen molar-refractivity contribution in [3.05, 3.63) is 35.2 Å². The van der Waals surface area contributed by atoms with Gasteiger partial charge < -0.3 is 16.8 Å². The Kier molecular flexibility index (Phi) is 5.07. The first kappa shape index (κ1) is 16.6. The van der Waals surface area contributed by atoms with Crippen LogP contribution in [0, 0.1) is 13.8 Å². The summed E-state index contributed by atoms with van der Waals surface area (Å²) in [5.74, 6) is 0.457. The summed E-state index contributed by atoms with van der Waals surface area (Å²) in [4.78, 5) is 25.7. The fourth-order valence-electron chi connectivity index (χ4n) is 2.26. The number of hydrogen-bond donors (Lipinski definition) is 3. The summed E-state index contributed by atoms with van der Waals surface area (Å²) in [6, 6.07) is 5.88. The summed E-state index contributed by atoms with van der Waals surface area (Å²) in [5.41, 5.74) is 14.0. The van der Waals surface area contributed by atoms with Crippen LogP contribution in [0.1, 0.15) is 17.0 Å². The van der Waals surface area contributed by atoms with Gasteiger partial charge in [-0.25, -0.2) is 0 Å². The van der Waals surface area contributed by atoms with Crippen LogP contribution in [0.25, 0.3) is 0 Å². The van der Waals surface area contributed by atoms with Gasteiger partial charge in [0.1, 0.15) is 5.82 Å². The Hall–Kier alpha value is -2.74. The minimum absolute atomic E-state index is 0.0703. The Morgan fingerprint density at radius 1 is 1.13 bits per heavy atom. The molecule has 0 atom stereocenters. The number of rotatable bonds is 5. The summed E-state index contributed by atoms with van der Waals surface area (Å²) in [5, 5.41) is 2.93. The zero-order valence-corrected chi connectivity index (χ0v) is 13.5. The third-order valence-electron chi connectivity index (χ3n) is 3.29. The lowest BCUT2D eigenvalue weighted by atomic mass is 10.1. The molecule has 0 unspecified atom stereocenters. The predicted octanol–water partition coefficient (Wildman–Crippen LogP) is 0.723. The van der Waals surface area contributed by atoms with Gasteiger partial charge in [-0.15, -0.1) is 0 Å². The molecular formula is C15H21N7O. The van der Waals surface area contributed by atoms with E-state index in [2.05, 4.69) is 20.3 Å². The third-order valence-corrected chi connectivity index (χ3v) is 3.29. The number of aromatic nitrogens is 3. The van der Waals surface area contributed by atoms with E-state index in [1.54, 1.807) is 11.9 Å². The van der Waals surface area contributed by atoms with E-state index in [-0.39, 0.29) is 24.3 Å². The number of nitrogen functional groups attached to an aromatic ring is 2. The van der Waals surface area contributed by atoms with E-state index in [4.69, 9.17) is 11.5 Å². The average molecular weight is 315 g/mol. The van der Waals surface area contributed by atoms with E-state index >= 15 is 0 Å². The number of nitrogens with zero attached hydrogens (tertiary/aromatic N) is 4. The Morgan fingerprint density at radius 2 is 1.70 bits per heavy atom. The number of para-hydroxylation sites is 1. The average Bonchev–Trinajstić information content (AvgIpc) is 2.41. The molecule has 8 nitrogen and oxygen atoms in total. The van der Waals surface area contributed by atoms with Crippen molar-refractivity contribution in [2.75, 3.05) is 30.4 Å². The highest BCUT2D eigenvalue weighted by Gasteiger charge is 2.12. The molecule has 1 heterocycles. The molecule has 2 aromatic rings. The first-order valence-corrected chi connectivity index (χ1v) is 7.15. The maximum absolute atomic E-state index is 12.2. The van der Waals surface area contributed by atoms with Gasteiger partial charge in [0.05, 0.1) is 13.1 Å². The molecule has 122 valence electrons. The Balaban J connectivity index is 1.97. The summed E-state index contributed by atoms with van der Waals surface area (Å²) < 4.78 is 0. The van der Waals surface area contributed by atoms with Gasteiger partial charge in [0.25, 0.3) is 0 Å². The molecule has 0 saturated heterocycles. The number of hydrogen-bond acceptors (Lipinski definition) is 7. The minimum atomic E-state index is -0.111. The zero-order chi connectivity index (χ0) is 17.0. The number of nitrogens with two attached hydrogens (primary N) is 2. The van der Waals surface area contributed by atoms with Crippen molar-refractivity contribution in [3.63, 3.8) is 0 Å². The van der Waals surface area contributed by atoms with E-state index in [1.165, 1.54) is 0 Å². The van der Waals surface area contributed by atoms with Crippen LogP contribution in [0.4, 0.5) is 17.6 Å². The molecule has 2 rings (SSSR count). The lowest BCUT2D eigenvalue weighted by molar-refractivity contribution is -0.117. The molecule has 0 spiro atoms. The third kappa shape index (κ3) is 4.62. The molecule has 23 heavy (non-hydrogen) atoms. The van der Waals surface area contributed by atoms with Crippen molar-refractivity contribution in [2.24, 2.45) is 0 Å². The highest BCUT2D eigenvalue weighted by Crippen LogP contribution is 2.19. The number of amides is 1. The number of nitrogens with one attached hydrogen (secondary N) is 1. The van der Waals surface area contributed by atoms with Gasteiger partial charge in [0.15, 0.2) is 0 Å². The van der Waals surface area contributed by atoms with Gasteiger partial charge in [0.2, 0.25) is 17.8 Å². The molecule has 0 aliphatic rings. The van der Waals surface area contributed by atoms with Crippen LogP contribution in [0.3, 0.4) is 0 Å². The topological polar surface area (TPSA) is 123 Å². The lowest BCUT2D eigenvalue weighted by Gasteiger charge is -2.17. The molecule has 0 saturated carbocycles. The molecule has 1 amide bonds. The fourth-order valence-corrected chi connectivity index (χ4v) is 2.26. The van der Waals surface area contributed by atoms with Gasteiger partial charge >= 0.3 is 0 Å². The van der Waals surface area contributed by atoms with Crippen LogP contribution >= 0.6 is 0 Å². The van der Waals surface area contributed by atoms with Crippen LogP contribution in [0.5, 0.6) is 0 Å². The summed E-state index contributed by atoms with van der Waals surface area (Å²) in [7, 11) is 1.79. The molecule has 0 aliphatic carbocycles. The number of carbonyl (C=O) groups is 1. The normalized spacial score (nSPS) is 10.8. The van der Waals surface area contributed by atoms with Gasteiger partial charge in [-0.1, -0.05) is 18.2 Å². The van der Waals surface area contributed by atoms with Gasteiger partial charge in [-0.2, -0.15) is 15.0 Å². The van der Waals surface area contributed by atoms with Crippen molar-refractivity contribution in [1.29, 1.82) is 0 Å². The van der Waals surface area contributed by atoms with Crippen LogP contribution in [-0.2, 0) is 11.3 Å². The maximum Gasteiger partial charge on any atom is 0.238 e. The second-order valence-electron chi connectivity index (χ2n) is 5.46. The van der Waals surface area contributed by atoms with E-state index in [0.717, 1.165) is 16.8 Å². The number of aryl methyl sites for hydroxylation is 2. The van der Waals surface area contributed by atoms with Gasteiger partial charge in [-0.3, -0.25) is 9.69 Å². The van der Waals surface area contributed by atoms with Crippen molar-refractivity contribution in [2.45, 2.75) is 20.4 Å². The van der Waals surface area contributed by atoms with Crippen molar-refractivity contribution < 1.29 is 4.79 Å². The fraction of sp³-hybridized carbons (Fsp3) is 0.333. The summed E-state index contributed by atoms with van der Waals surface area (Å²) in [6.45, 7) is 4.46. The minimum Gasteiger partial charge on any atom is -0.368 e. The SMILES string of the molecule is Cc1cccc(C)c1NC(=O)CN(C)Cc1nc(N)nc(N)n1. The standard InChI is InChI=1S/C15H21N7O/c1-9-5-4-6-10(2)13(9)20-12(23)8-22(3)7-11-18-14(16)21-15(17)19-11/h4-6H,7-8H2,1-3H3,(H,20,23)(H4,16,17,18,19,21). The lowest BCUT2D eigenvalue weighted by Crippen LogP contribution is -2.31. The largest absolute Gasteiger partial charge is 0.368 e. The van der Waals surface area contributed by atoms with Crippen LogP contribution in [0.15, 0.2) is 18.2 Å². The summed E-state index contributed by atoms with van der Waals surface area (Å²) in [6.07, 6.45) is 0. The smallest absolute Gasteiger partial charge is 0.238 e. The highest BCUT2D eigenvalue weighted by molar-refractivity contribution is 5.93. The predicted molar refractivity (Wildman–Crippen MR) is 89.5 cm³/mol. The molecule has 1 aromatic heterocycles. The second kappa shape index (κ2) is 7.01. The molecule has 0 radical (unpaired) electrons. The molecule has 1 aromatic carbocycles. The van der Waals surface area contributed by atoms with Crippen molar-refractivity contribution in [3.8, 4) is 0 Å². The van der Waals surface area contributed by atoms with E-state index in [9.17, 15) is 4.79 Å². The molecule has 5 N–H and O–H groups in total. The first-order valence-electron chi connectivity index (χ1n) is 7.15. The molecular weight excluding hydrogens is 294 g/mol. The molecule has 0 bridgehead atoms. The first-order chi connectivity index (χ1) is 10.8. The van der Waals surface area contributed by atoms with E-state index < -0.39 is 0 Å². The van der Waals surface area contributed by atoms with Gasteiger partial charge in [-0.05, 0) is 32.0 Å². The van der Waals surface area contributed by atoms with Crippen molar-refractivity contribution >= 4 is 23.5 Å². The summed E-state index contributed by atoms with van der Waals surface area (Å²) >= 11 is 0. The number of benzene rings is 1. The second-order valence-corrected chi connectivity index (χ2v) is 5.46. The molecule has 8 heteroatoms. The Labute approximate surface area is 134 Å². The van der Waals surface area contributed by atoms with E-state index in [0.29, 0.717) is 12.4 Å². The maximum atomic E-state index is 12.2. The number of anilines is 3. The van der Waals surface area contributed by atoms with Crippen LogP contribution < -0.4 is 16.8 Å². The Morgan fingerprint density at radius 3 is 2.26 bits per heavy atom.